The third-order valence-electron chi connectivity index (χ3n) is 2.40. The summed E-state index contributed by atoms with van der Waals surface area (Å²) in [6.07, 6.45) is -4.25. The standard InChI is InChI=1S/C14H11F3Se/c15-14(16,17)12-6-4-5-11(9-12)10-18-13-7-2-1-3-8-13/h1-9H,10H2. The monoisotopic (exact) mass is 316 g/mol. The Morgan fingerprint density at radius 1 is 0.889 bits per heavy atom. The summed E-state index contributed by atoms with van der Waals surface area (Å²) in [5.41, 5.74) is 0.178. The van der Waals surface area contributed by atoms with E-state index in [4.69, 9.17) is 0 Å². The van der Waals surface area contributed by atoms with Gasteiger partial charge in [0.15, 0.2) is 0 Å². The molecule has 0 unspecified atom stereocenters. The molecule has 18 heavy (non-hydrogen) atoms. The average Bonchev–Trinajstić information content (AvgIpc) is 2.37. The summed E-state index contributed by atoms with van der Waals surface area (Å²) < 4.78 is 38.8. The second kappa shape index (κ2) is 5.59. The fourth-order valence-electron chi connectivity index (χ4n) is 1.52. The van der Waals surface area contributed by atoms with Crippen LogP contribution in [0.25, 0.3) is 0 Å². The zero-order chi connectivity index (χ0) is 13.0. The second-order valence-electron chi connectivity index (χ2n) is 3.80. The Labute approximate surface area is 110 Å². The molecule has 0 heterocycles. The van der Waals surface area contributed by atoms with Crippen LogP contribution >= 0.6 is 0 Å². The maximum atomic E-state index is 12.5. The number of rotatable bonds is 3. The molecule has 0 bridgehead atoms. The predicted molar refractivity (Wildman–Crippen MR) is 67.0 cm³/mol. The van der Waals surface area contributed by atoms with Crippen molar-refractivity contribution in [2.45, 2.75) is 11.5 Å². The van der Waals surface area contributed by atoms with Gasteiger partial charge in [-0.15, -0.1) is 0 Å². The third-order valence-corrected chi connectivity index (χ3v) is 4.68. The molecule has 0 N–H and O–H groups in total. The van der Waals surface area contributed by atoms with Gasteiger partial charge in [-0.1, -0.05) is 0 Å². The van der Waals surface area contributed by atoms with Gasteiger partial charge in [-0.25, -0.2) is 0 Å². The Hall–Kier alpha value is -1.25. The summed E-state index contributed by atoms with van der Waals surface area (Å²) in [7, 11) is 0. The normalized spacial score (nSPS) is 11.5. The molecule has 94 valence electrons. The van der Waals surface area contributed by atoms with Crippen molar-refractivity contribution in [1.29, 1.82) is 0 Å². The number of halogens is 3. The van der Waals surface area contributed by atoms with Gasteiger partial charge in [-0.3, -0.25) is 0 Å². The Bertz CT molecular complexity index is 506. The first-order chi connectivity index (χ1) is 8.55. The van der Waals surface area contributed by atoms with Crippen LogP contribution < -0.4 is 4.46 Å². The molecule has 0 aliphatic rings. The third kappa shape index (κ3) is 3.62. The zero-order valence-electron chi connectivity index (χ0n) is 9.45. The molecule has 2 rings (SSSR count). The summed E-state index contributed by atoms with van der Waals surface area (Å²) in [6.45, 7) is 0. The van der Waals surface area contributed by atoms with Crippen LogP contribution in [0, 0.1) is 0 Å². The maximum absolute atomic E-state index is 12.5. The molecule has 4 heteroatoms. The van der Waals surface area contributed by atoms with Crippen LogP contribution in [0.5, 0.6) is 0 Å². The van der Waals surface area contributed by atoms with Gasteiger partial charge in [-0.05, 0) is 0 Å². The van der Waals surface area contributed by atoms with Crippen molar-refractivity contribution >= 4 is 19.4 Å². The van der Waals surface area contributed by atoms with Gasteiger partial charge in [-0.2, -0.15) is 0 Å². The minimum atomic E-state index is -4.25. The summed E-state index contributed by atoms with van der Waals surface area (Å²) >= 11 is 0.172. The van der Waals surface area contributed by atoms with Gasteiger partial charge < -0.3 is 0 Å². The molecule has 0 saturated heterocycles. The molecular weight excluding hydrogens is 304 g/mol. The summed E-state index contributed by atoms with van der Waals surface area (Å²) in [4.78, 5) is 0. The first-order valence-electron chi connectivity index (χ1n) is 5.40. The van der Waals surface area contributed by atoms with Crippen LogP contribution in [0.15, 0.2) is 54.6 Å². The van der Waals surface area contributed by atoms with E-state index in [-0.39, 0.29) is 15.0 Å². The van der Waals surface area contributed by atoms with Crippen molar-refractivity contribution in [2.75, 3.05) is 0 Å². The number of hydrogen-bond acceptors (Lipinski definition) is 0. The molecule has 2 aromatic rings. The van der Waals surface area contributed by atoms with E-state index in [0.717, 1.165) is 11.6 Å². The molecule has 0 aromatic heterocycles. The van der Waals surface area contributed by atoms with E-state index in [1.165, 1.54) is 16.6 Å². The fourth-order valence-corrected chi connectivity index (χ4v) is 3.33. The van der Waals surface area contributed by atoms with Crippen LogP contribution in [-0.2, 0) is 11.5 Å². The molecule has 0 radical (unpaired) electrons. The van der Waals surface area contributed by atoms with E-state index < -0.39 is 11.7 Å². The number of alkyl halides is 3. The van der Waals surface area contributed by atoms with Crippen LogP contribution in [0.3, 0.4) is 0 Å². The first kappa shape index (κ1) is 13.2. The Kier molecular flexibility index (Phi) is 4.10. The second-order valence-corrected chi connectivity index (χ2v) is 6.00. The van der Waals surface area contributed by atoms with Crippen molar-refractivity contribution < 1.29 is 13.2 Å². The van der Waals surface area contributed by atoms with Gasteiger partial charge in [0.1, 0.15) is 0 Å². The Morgan fingerprint density at radius 2 is 1.61 bits per heavy atom. The Balaban J connectivity index is 2.06. The summed E-state index contributed by atoms with van der Waals surface area (Å²) in [5, 5.41) is 0.681. The molecule has 0 aliphatic carbocycles. The van der Waals surface area contributed by atoms with Crippen molar-refractivity contribution in [3.8, 4) is 0 Å². The molecule has 0 aliphatic heterocycles. The molecule has 0 atom stereocenters. The van der Waals surface area contributed by atoms with Crippen LogP contribution in [-0.4, -0.2) is 15.0 Å². The molecule has 0 nitrogen and oxygen atoms in total. The molecular formula is C14H11F3Se. The molecule has 2 aromatic carbocycles. The fraction of sp³-hybridized carbons (Fsp3) is 0.143. The quantitative estimate of drug-likeness (QED) is 0.763. The van der Waals surface area contributed by atoms with E-state index in [9.17, 15) is 13.2 Å². The van der Waals surface area contributed by atoms with Crippen LogP contribution in [0.4, 0.5) is 13.2 Å². The van der Waals surface area contributed by atoms with Gasteiger partial charge in [0.05, 0.1) is 0 Å². The van der Waals surface area contributed by atoms with Crippen molar-refractivity contribution in [1.82, 2.24) is 0 Å². The van der Waals surface area contributed by atoms with Crippen LogP contribution in [0.2, 0.25) is 0 Å². The Morgan fingerprint density at radius 3 is 2.28 bits per heavy atom. The minimum absolute atomic E-state index is 0.172. The van der Waals surface area contributed by atoms with E-state index in [1.54, 1.807) is 6.07 Å². The van der Waals surface area contributed by atoms with E-state index in [1.807, 2.05) is 30.3 Å². The first-order valence-corrected chi connectivity index (χ1v) is 7.46. The van der Waals surface area contributed by atoms with Crippen molar-refractivity contribution in [3.05, 3.63) is 65.7 Å². The molecule has 0 fully saturated rings. The van der Waals surface area contributed by atoms with E-state index >= 15 is 0 Å². The van der Waals surface area contributed by atoms with Gasteiger partial charge >= 0.3 is 110 Å². The topological polar surface area (TPSA) is 0 Å². The van der Waals surface area contributed by atoms with Gasteiger partial charge in [0, 0.05) is 0 Å². The molecule has 0 amide bonds. The van der Waals surface area contributed by atoms with Gasteiger partial charge in [0.25, 0.3) is 0 Å². The molecule has 0 spiro atoms. The zero-order valence-corrected chi connectivity index (χ0v) is 11.2. The van der Waals surface area contributed by atoms with Crippen molar-refractivity contribution in [2.24, 2.45) is 0 Å². The summed E-state index contributed by atoms with van der Waals surface area (Å²) in [5.74, 6) is 0. The molecule has 0 saturated carbocycles. The van der Waals surface area contributed by atoms with Crippen molar-refractivity contribution in [3.63, 3.8) is 0 Å². The summed E-state index contributed by atoms with van der Waals surface area (Å²) in [6, 6.07) is 15.4. The van der Waals surface area contributed by atoms with Gasteiger partial charge in [0.2, 0.25) is 0 Å². The van der Waals surface area contributed by atoms with E-state index in [0.29, 0.717) is 5.32 Å². The van der Waals surface area contributed by atoms with Crippen LogP contribution in [0.1, 0.15) is 11.1 Å². The SMILES string of the molecule is FC(F)(F)c1cccc(C[Se]c2ccccc2)c1. The average molecular weight is 315 g/mol. The number of hydrogen-bond donors (Lipinski definition) is 0. The van der Waals surface area contributed by atoms with E-state index in [2.05, 4.69) is 0 Å². The number of benzene rings is 2. The predicted octanol–water partition coefficient (Wildman–Crippen LogP) is 3.24.